The number of ether oxygens (including phenoxy) is 9. The summed E-state index contributed by atoms with van der Waals surface area (Å²) >= 11 is 0. The van der Waals surface area contributed by atoms with Gasteiger partial charge in [0.15, 0.2) is 56.6 Å². The molecule has 19 N–H and O–H groups in total. The van der Waals surface area contributed by atoms with Gasteiger partial charge in [-0.25, -0.2) is 0 Å². The Morgan fingerprint density at radius 1 is 0.500 bits per heavy atom. The first kappa shape index (κ1) is 108. The smallest absolute Gasteiger partial charge is 0.668 e. The monoisotopic (exact) mass is 1550 g/mol. The molecule has 590 valence electrons. The van der Waals surface area contributed by atoms with Crippen LogP contribution in [-0.4, -0.2) is 299 Å². The first-order valence-corrected chi connectivity index (χ1v) is 41.9. The summed E-state index contributed by atoms with van der Waals surface area (Å²) in [4.78, 5) is 30.3. The van der Waals surface area contributed by atoms with E-state index in [2.05, 4.69) is 119 Å². The Hall–Kier alpha value is -2.51. The molecule has 17 atom stereocenters. The van der Waals surface area contributed by atoms with Crippen LogP contribution >= 0.6 is 33.6 Å². The number of aliphatic hydroxyl groups is 16. The van der Waals surface area contributed by atoms with Crippen LogP contribution in [0.2, 0.25) is 39.3 Å². The molecule has 0 radical (unpaired) electrons. The minimum atomic E-state index is -2.84. The van der Waals surface area contributed by atoms with Crippen LogP contribution in [0, 0.1) is 0 Å². The van der Waals surface area contributed by atoms with Gasteiger partial charge in [-0.05, 0) is 54.4 Å². The number of nitrogens with zero attached hydrogens (tertiary/aromatic N) is 1. The molecule has 0 spiro atoms. The van der Waals surface area contributed by atoms with Crippen LogP contribution in [0.4, 0.5) is 0 Å². The van der Waals surface area contributed by atoms with Crippen molar-refractivity contribution in [2.75, 3.05) is 59.3 Å². The van der Waals surface area contributed by atoms with Crippen LogP contribution in [0.15, 0.2) is 103 Å². The van der Waals surface area contributed by atoms with Gasteiger partial charge in [-0.3, -0.25) is 0 Å². The summed E-state index contributed by atoms with van der Waals surface area (Å²) in [6.07, 6.45) is -13.2. The zero-order chi connectivity index (χ0) is 75.0. The van der Waals surface area contributed by atoms with E-state index in [9.17, 15) is 34.8 Å². The van der Waals surface area contributed by atoms with Crippen molar-refractivity contribution in [3.05, 3.63) is 108 Å². The fourth-order valence-electron chi connectivity index (χ4n) is 9.45. The standard InChI is InChI=1S/C20H21OP.C8H14O6.C8H14O4.C6H18NSi2.C6H12O6.C6H10O4.C6H14O4.C6H12O3.Li.H2O.2H2S/c1-22(17-21,18-11-5-2-6-12-18,19-13-7-3-8-14-19)20-15-9-4-10-16-20;1-4-13-3-6(11)8(14-4)7(12)5(10)2-9;1-6-11-5-7(10)8(12-6)3-2-4-9;1-8(2,3)7-9(4,5)6;7-1-3(9)5(11)6(12)4(10)2-8;1-4-9-3-5(8)6(2-7)10-4;7-3-1-2-5(9)6(10)4-8;1-4-7-5(2)9-6(3)8-4;;;;/h2-16,21H,17H2,1H3;2,4-8,10-12H,3H2,1H3;2-3,6-10H,4-5H2,1H3;1-6H3;1,3-6,8-12H,2H2;2,4-6,8H,3H2,1H3;5-10H,1-4H2;4-6H,1-3H3;;3*1H2/q;;;-1;;;;;+1;;;/p+1/b;;3-2+;;;;;;;;;/t;4?,5-,6+,7+,8-;6?,7-,8-;;3-,4+,5+,6-;4?,5-,6-;5-,6-;;;;;/m.01.011...../s1. The predicted octanol–water partition coefficient (Wildman–Crippen LogP) is -4.39. The van der Waals surface area contributed by atoms with E-state index in [1.165, 1.54) is 15.9 Å². The number of hydrogen-bond acceptors (Lipinski definition) is 28. The van der Waals surface area contributed by atoms with Crippen LogP contribution in [0.3, 0.4) is 0 Å². The van der Waals surface area contributed by atoms with Crippen LogP contribution in [0.5, 0.6) is 0 Å². The van der Waals surface area contributed by atoms with Crippen molar-refractivity contribution in [1.29, 1.82) is 0 Å². The second-order valence-electron chi connectivity index (χ2n) is 25.1. The minimum absolute atomic E-state index is 0. The van der Waals surface area contributed by atoms with Gasteiger partial charge < -0.3 is 144 Å². The molecule has 7 rings (SSSR count). The van der Waals surface area contributed by atoms with Crippen molar-refractivity contribution >= 4 is 84.8 Å². The van der Waals surface area contributed by atoms with Crippen molar-refractivity contribution in [3.8, 4) is 0 Å². The van der Waals surface area contributed by atoms with E-state index in [4.69, 9.17) is 109 Å². The molecule has 30 nitrogen and oxygen atoms in total. The van der Waals surface area contributed by atoms with E-state index in [1.807, 2.05) is 39.0 Å². The molecule has 102 heavy (non-hydrogen) atoms. The van der Waals surface area contributed by atoms with E-state index in [1.54, 1.807) is 32.9 Å². The van der Waals surface area contributed by atoms with E-state index < -0.39 is 128 Å². The first-order chi connectivity index (χ1) is 45.9. The molecular formula is C66H122LiNO29PS2Si2+. The summed E-state index contributed by atoms with van der Waals surface area (Å²) in [5.74, 6) is 0. The number of aldehydes is 3. The van der Waals surface area contributed by atoms with Gasteiger partial charge in [-0.15, -0.1) is 0 Å². The summed E-state index contributed by atoms with van der Waals surface area (Å²) in [7, 11) is -2.21. The molecule has 3 aromatic rings. The molecule has 3 unspecified atom stereocenters. The van der Waals surface area contributed by atoms with Crippen LogP contribution in [0.1, 0.15) is 54.4 Å². The maximum Gasteiger partial charge on any atom is 1.00 e. The average Bonchev–Trinajstić information content (AvgIpc) is 0.712. The van der Waals surface area contributed by atoms with Crippen molar-refractivity contribution in [1.82, 2.24) is 0 Å². The van der Waals surface area contributed by atoms with Crippen LogP contribution < -0.4 is 34.8 Å². The molecule has 0 saturated carbocycles. The quantitative estimate of drug-likeness (QED) is 0.0148. The number of aliphatic hydroxyl groups excluding tert-OH is 16. The van der Waals surface area contributed by atoms with Gasteiger partial charge in [0, 0.05) is 6.61 Å². The van der Waals surface area contributed by atoms with Gasteiger partial charge >= 0.3 is 150 Å². The molecule has 4 saturated heterocycles. The molecule has 0 aromatic heterocycles. The molecule has 4 aliphatic rings. The summed E-state index contributed by atoms with van der Waals surface area (Å²) in [5.41, 5.74) is 0. The molecule has 3 aromatic carbocycles. The molecule has 0 aliphatic carbocycles. The molecule has 0 amide bonds. The van der Waals surface area contributed by atoms with Crippen molar-refractivity contribution < 1.29 is 163 Å². The van der Waals surface area contributed by atoms with E-state index in [0.717, 1.165) is 0 Å². The van der Waals surface area contributed by atoms with Gasteiger partial charge in [-0.2, -0.15) is 27.0 Å². The number of rotatable bonds is 22. The van der Waals surface area contributed by atoms with E-state index in [0.29, 0.717) is 19.1 Å². The Bertz CT molecular complexity index is 2440. The third kappa shape index (κ3) is 41.2. The molecule has 0 bridgehead atoms. The second kappa shape index (κ2) is 56.7. The van der Waals surface area contributed by atoms with Gasteiger partial charge in [-0.1, -0.05) is 67.9 Å². The molecule has 36 heteroatoms. The van der Waals surface area contributed by atoms with Gasteiger partial charge in [0.1, 0.15) is 79.4 Å². The van der Waals surface area contributed by atoms with Crippen molar-refractivity contribution in [3.63, 3.8) is 0 Å². The Labute approximate surface area is 628 Å². The number of carbonyl (C=O) groups is 3. The van der Waals surface area contributed by atoms with Gasteiger partial charge in [0.25, 0.3) is 0 Å². The van der Waals surface area contributed by atoms with Crippen molar-refractivity contribution in [2.45, 2.75) is 217 Å². The van der Waals surface area contributed by atoms with Crippen LogP contribution in [-0.2, 0) is 62.5 Å². The van der Waals surface area contributed by atoms with E-state index >= 15 is 0 Å². The van der Waals surface area contributed by atoms with Gasteiger partial charge in [0.2, 0.25) is 0 Å². The third-order valence-electron chi connectivity index (χ3n) is 14.3. The topological polar surface area (TPSA) is 505 Å². The Kier molecular flexibility index (Phi) is 60.1. The largest absolute Gasteiger partial charge is 1.00 e. The third-order valence-corrected chi connectivity index (χ3v) is 25.5. The Morgan fingerprint density at radius 3 is 1.18 bits per heavy atom. The minimum Gasteiger partial charge on any atom is -0.668 e. The van der Waals surface area contributed by atoms with Crippen LogP contribution in [0.25, 0.3) is 4.65 Å². The number of benzene rings is 3. The summed E-state index contributed by atoms with van der Waals surface area (Å²) in [6.45, 7) is 23.0. The molecule has 4 aliphatic heterocycles. The number of hydrogen-bond donors (Lipinski definition) is 16. The van der Waals surface area contributed by atoms with E-state index in [-0.39, 0.29) is 135 Å². The molecule has 4 fully saturated rings. The maximum atomic E-state index is 10.7. The Balaban J connectivity index is -0.000000357. The SMILES string of the molecule is CC1OC(C)OC(C)O1.CC1OC[C@@H](O)[C@@H](/C=C/CO)O1.CC1OC[C@@H](O)[C@@H](C=O)O1.CC1OC[C@@H](O)[C@@H]([C@H](O)[C@@H](O)C=O)O1.CP(CO)(c1ccccc1)(c1ccccc1)c1ccccc1.C[Si](C)(C)[N-][Si](C)(C)C.O=C[C@H](O)[C@@H](O)[C@@H](O)[C@H](O)CO.OCCC[C@@H](O)[C@H](O)CO.S.S.[Li+].[OH3+]. The maximum absolute atomic E-state index is 10.7. The first-order valence-electron chi connectivity index (χ1n) is 32.1. The zero-order valence-electron chi connectivity index (χ0n) is 61.2. The zero-order valence-corrected chi connectivity index (χ0v) is 66.1. The Morgan fingerprint density at radius 2 is 0.863 bits per heavy atom. The molecular weight excluding hydrogens is 1430 g/mol. The number of carbonyl (C=O) groups excluding carboxylic acids is 3. The fraction of sp³-hybridized carbons (Fsp3) is 0.652. The summed E-state index contributed by atoms with van der Waals surface area (Å²) in [6, 6.07) is 31.3. The predicted molar refractivity (Wildman–Crippen MR) is 397 cm³/mol. The van der Waals surface area contributed by atoms with Crippen molar-refractivity contribution in [2.24, 2.45) is 0 Å². The second-order valence-corrected chi connectivity index (χ2v) is 40.1. The fourth-order valence-corrected chi connectivity index (χ4v) is 21.8. The van der Waals surface area contributed by atoms with Gasteiger partial charge in [0.05, 0.1) is 45.7 Å². The average molecular weight is 1550 g/mol. The summed E-state index contributed by atoms with van der Waals surface area (Å²) < 4.78 is 50.2. The summed E-state index contributed by atoms with van der Waals surface area (Å²) in [5, 5.41) is 147. The molecule has 4 heterocycles. The normalized spacial score (nSPS) is 25.8.